The summed E-state index contributed by atoms with van der Waals surface area (Å²) in [6, 6.07) is 14.2. The number of aliphatic carboxylic acids is 1. The normalized spacial score (nSPS) is 12.1. The van der Waals surface area contributed by atoms with Crippen LogP contribution in [0.4, 0.5) is 0 Å². The number of aromatic hydroxyl groups is 1. The molecule has 0 aliphatic carbocycles. The summed E-state index contributed by atoms with van der Waals surface area (Å²) in [5.74, 6) is -1.27. The molecule has 2 N–H and O–H groups in total. The fourth-order valence-electron chi connectivity index (χ4n) is 1.94. The molecule has 3 nitrogen and oxygen atoms in total. The molecule has 0 saturated heterocycles. The van der Waals surface area contributed by atoms with Crippen molar-refractivity contribution < 1.29 is 15.0 Å². The molecule has 0 heterocycles. The molecule has 2 rings (SSSR count). The lowest BCUT2D eigenvalue weighted by Crippen LogP contribution is -2.08. The van der Waals surface area contributed by atoms with Gasteiger partial charge >= 0.3 is 5.97 Å². The largest absolute Gasteiger partial charge is 0.508 e. The maximum Gasteiger partial charge on any atom is 0.310 e. The molecule has 0 radical (unpaired) electrons. The van der Waals surface area contributed by atoms with Crippen molar-refractivity contribution in [1.29, 1.82) is 0 Å². The zero-order valence-electron chi connectivity index (χ0n) is 10.00. The molecule has 0 aromatic heterocycles. The predicted molar refractivity (Wildman–Crippen MR) is 69.6 cm³/mol. The van der Waals surface area contributed by atoms with E-state index in [0.29, 0.717) is 0 Å². The molecule has 2 aromatic carbocycles. The summed E-state index contributed by atoms with van der Waals surface area (Å²) in [4.78, 5) is 11.1. The van der Waals surface area contributed by atoms with Crippen LogP contribution >= 0.6 is 0 Å². The maximum atomic E-state index is 11.1. The minimum atomic E-state index is -0.859. The Balaban J connectivity index is 2.55. The maximum absolute atomic E-state index is 11.1. The standard InChI is InChI=1S/C15H14O3/c1-10(15(17)18)13-7-2-3-8-14(13)11-5-4-6-12(16)9-11/h2-10,16H,1H3,(H,17,18). The van der Waals surface area contributed by atoms with Gasteiger partial charge < -0.3 is 10.2 Å². The highest BCUT2D eigenvalue weighted by atomic mass is 16.4. The lowest BCUT2D eigenvalue weighted by Gasteiger charge is -2.13. The Morgan fingerprint density at radius 2 is 1.83 bits per heavy atom. The van der Waals surface area contributed by atoms with Gasteiger partial charge in [0.15, 0.2) is 0 Å². The number of carboxylic acids is 1. The van der Waals surface area contributed by atoms with Crippen LogP contribution in [-0.4, -0.2) is 16.2 Å². The first-order valence-corrected chi connectivity index (χ1v) is 5.70. The third kappa shape index (κ3) is 2.35. The number of hydrogen-bond acceptors (Lipinski definition) is 2. The Morgan fingerprint density at radius 3 is 2.50 bits per heavy atom. The molecule has 3 heteroatoms. The second-order valence-corrected chi connectivity index (χ2v) is 4.20. The third-order valence-corrected chi connectivity index (χ3v) is 2.95. The molecule has 2 aromatic rings. The van der Waals surface area contributed by atoms with Gasteiger partial charge in [-0.15, -0.1) is 0 Å². The van der Waals surface area contributed by atoms with Gasteiger partial charge in [0.05, 0.1) is 5.92 Å². The van der Waals surface area contributed by atoms with Crippen molar-refractivity contribution in [3.05, 3.63) is 54.1 Å². The summed E-state index contributed by atoms with van der Waals surface area (Å²) < 4.78 is 0. The van der Waals surface area contributed by atoms with Crippen molar-refractivity contribution in [2.45, 2.75) is 12.8 Å². The number of rotatable bonds is 3. The zero-order chi connectivity index (χ0) is 13.1. The van der Waals surface area contributed by atoms with Crippen molar-refractivity contribution in [1.82, 2.24) is 0 Å². The molecule has 92 valence electrons. The van der Waals surface area contributed by atoms with E-state index in [-0.39, 0.29) is 5.75 Å². The first-order valence-electron chi connectivity index (χ1n) is 5.70. The lowest BCUT2D eigenvalue weighted by molar-refractivity contribution is -0.138. The van der Waals surface area contributed by atoms with Gasteiger partial charge in [0.2, 0.25) is 0 Å². The van der Waals surface area contributed by atoms with Crippen LogP contribution in [-0.2, 0) is 4.79 Å². The fourth-order valence-corrected chi connectivity index (χ4v) is 1.94. The molecule has 0 amide bonds. The average molecular weight is 242 g/mol. The molecular weight excluding hydrogens is 228 g/mol. The van der Waals surface area contributed by atoms with E-state index in [1.807, 2.05) is 24.3 Å². The van der Waals surface area contributed by atoms with E-state index >= 15 is 0 Å². The van der Waals surface area contributed by atoms with Gasteiger partial charge in [0, 0.05) is 0 Å². The van der Waals surface area contributed by atoms with Crippen LogP contribution in [0.15, 0.2) is 48.5 Å². The quantitative estimate of drug-likeness (QED) is 0.868. The molecule has 0 fully saturated rings. The third-order valence-electron chi connectivity index (χ3n) is 2.95. The van der Waals surface area contributed by atoms with Gasteiger partial charge in [-0.1, -0.05) is 36.4 Å². The first kappa shape index (κ1) is 12.2. The van der Waals surface area contributed by atoms with Crippen molar-refractivity contribution >= 4 is 5.97 Å². The van der Waals surface area contributed by atoms with E-state index in [1.54, 1.807) is 31.2 Å². The fraction of sp³-hybridized carbons (Fsp3) is 0.133. The second kappa shape index (κ2) is 4.92. The number of phenols is 1. The Labute approximate surface area is 105 Å². The van der Waals surface area contributed by atoms with Crippen LogP contribution in [0.2, 0.25) is 0 Å². The molecule has 0 saturated carbocycles. The van der Waals surface area contributed by atoms with Gasteiger partial charge in [-0.2, -0.15) is 0 Å². The second-order valence-electron chi connectivity index (χ2n) is 4.20. The highest BCUT2D eigenvalue weighted by Gasteiger charge is 2.17. The van der Waals surface area contributed by atoms with Gasteiger partial charge in [0.1, 0.15) is 5.75 Å². The van der Waals surface area contributed by atoms with E-state index in [9.17, 15) is 9.90 Å². The molecule has 1 unspecified atom stereocenters. The van der Waals surface area contributed by atoms with E-state index < -0.39 is 11.9 Å². The van der Waals surface area contributed by atoms with Crippen molar-refractivity contribution in [3.63, 3.8) is 0 Å². The van der Waals surface area contributed by atoms with Gasteiger partial charge in [-0.3, -0.25) is 4.79 Å². The Bertz CT molecular complexity index is 575. The van der Waals surface area contributed by atoms with Crippen LogP contribution in [0.1, 0.15) is 18.4 Å². The summed E-state index contributed by atoms with van der Waals surface area (Å²) in [6.45, 7) is 1.66. The SMILES string of the molecule is CC(C(=O)O)c1ccccc1-c1cccc(O)c1. The lowest BCUT2D eigenvalue weighted by atomic mass is 9.91. The van der Waals surface area contributed by atoms with Gasteiger partial charge in [-0.05, 0) is 35.7 Å². The number of benzene rings is 2. The van der Waals surface area contributed by atoms with Crippen molar-refractivity contribution in [3.8, 4) is 16.9 Å². The molecule has 0 aliphatic heterocycles. The average Bonchev–Trinajstić information content (AvgIpc) is 2.38. The summed E-state index contributed by atoms with van der Waals surface area (Å²) in [7, 11) is 0. The van der Waals surface area contributed by atoms with Crippen LogP contribution in [0.25, 0.3) is 11.1 Å². The van der Waals surface area contributed by atoms with Crippen LogP contribution < -0.4 is 0 Å². The van der Waals surface area contributed by atoms with Crippen LogP contribution in [0.3, 0.4) is 0 Å². The van der Waals surface area contributed by atoms with Gasteiger partial charge in [0.25, 0.3) is 0 Å². The van der Waals surface area contributed by atoms with E-state index in [1.165, 1.54) is 0 Å². The first-order chi connectivity index (χ1) is 8.59. The van der Waals surface area contributed by atoms with Crippen LogP contribution in [0, 0.1) is 0 Å². The van der Waals surface area contributed by atoms with E-state index in [2.05, 4.69) is 0 Å². The summed E-state index contributed by atoms with van der Waals surface area (Å²) >= 11 is 0. The minimum Gasteiger partial charge on any atom is -0.508 e. The molecule has 18 heavy (non-hydrogen) atoms. The summed E-state index contributed by atoms with van der Waals surface area (Å²) in [6.07, 6.45) is 0. The number of phenolic OH excluding ortho intramolecular Hbond substituents is 1. The highest BCUT2D eigenvalue weighted by molar-refractivity contribution is 5.81. The molecule has 0 spiro atoms. The number of carboxylic acid groups (broad SMARTS) is 1. The minimum absolute atomic E-state index is 0.172. The molecule has 0 bridgehead atoms. The Hall–Kier alpha value is -2.29. The predicted octanol–water partition coefficient (Wildman–Crippen LogP) is 3.25. The smallest absolute Gasteiger partial charge is 0.310 e. The number of carbonyl (C=O) groups is 1. The van der Waals surface area contributed by atoms with E-state index in [0.717, 1.165) is 16.7 Å². The highest BCUT2D eigenvalue weighted by Crippen LogP contribution is 2.30. The summed E-state index contributed by atoms with van der Waals surface area (Å²) in [5, 5.41) is 18.6. The van der Waals surface area contributed by atoms with Gasteiger partial charge in [-0.25, -0.2) is 0 Å². The molecular formula is C15H14O3. The topological polar surface area (TPSA) is 57.5 Å². The molecule has 1 atom stereocenters. The van der Waals surface area contributed by atoms with E-state index in [4.69, 9.17) is 5.11 Å². The zero-order valence-corrected chi connectivity index (χ0v) is 10.00. The molecule has 0 aliphatic rings. The monoisotopic (exact) mass is 242 g/mol. The summed E-state index contributed by atoms with van der Waals surface area (Å²) in [5.41, 5.74) is 2.40. The van der Waals surface area contributed by atoms with Crippen LogP contribution in [0.5, 0.6) is 5.75 Å². The van der Waals surface area contributed by atoms with Crippen molar-refractivity contribution in [2.24, 2.45) is 0 Å². The van der Waals surface area contributed by atoms with Crippen molar-refractivity contribution in [2.75, 3.05) is 0 Å². The number of hydrogen-bond donors (Lipinski definition) is 2. The Kier molecular flexibility index (Phi) is 3.33. The Morgan fingerprint density at radius 1 is 1.11 bits per heavy atom.